The van der Waals surface area contributed by atoms with E-state index in [9.17, 15) is 4.79 Å². The normalized spacial score (nSPS) is 20.3. The minimum Gasteiger partial charge on any atom is -0.461 e. The first-order valence-corrected chi connectivity index (χ1v) is 9.07. The highest BCUT2D eigenvalue weighted by molar-refractivity contribution is 6.03. The fourth-order valence-electron chi connectivity index (χ4n) is 3.76. The minimum absolute atomic E-state index is 0.00261. The lowest BCUT2D eigenvalue weighted by atomic mass is 9.96. The van der Waals surface area contributed by atoms with Crippen LogP contribution in [-0.2, 0) is 0 Å². The van der Waals surface area contributed by atoms with Gasteiger partial charge in [0.15, 0.2) is 0 Å². The molecular formula is C23H18N2O2. The molecule has 0 aromatic heterocycles. The van der Waals surface area contributed by atoms with Crippen LogP contribution < -0.4 is 4.74 Å². The molecule has 0 spiro atoms. The van der Waals surface area contributed by atoms with E-state index < -0.39 is 6.23 Å². The van der Waals surface area contributed by atoms with Crippen molar-refractivity contribution in [3.05, 3.63) is 102 Å². The highest BCUT2D eigenvalue weighted by Crippen LogP contribution is 2.43. The number of para-hydroxylation sites is 1. The number of hydrogen-bond donors (Lipinski definition) is 0. The number of nitrogens with zero attached hydrogens (tertiary/aromatic N) is 2. The third kappa shape index (κ3) is 2.70. The Morgan fingerprint density at radius 2 is 1.56 bits per heavy atom. The summed E-state index contributed by atoms with van der Waals surface area (Å²) < 4.78 is 6.12. The third-order valence-corrected chi connectivity index (χ3v) is 5.09. The second-order valence-electron chi connectivity index (χ2n) is 6.75. The standard InChI is InChI=1S/C23H18N2O2/c26-22(17-11-5-2-6-12-17)23-25-20(18-13-7-8-14-21(18)27-23)15-19(24-25)16-9-3-1-4-10-16/h1-14,20,23H,15H2/t20-,23+/m1/s1. The average molecular weight is 354 g/mol. The van der Waals surface area contributed by atoms with E-state index in [-0.39, 0.29) is 11.8 Å². The van der Waals surface area contributed by atoms with Crippen LogP contribution in [0.15, 0.2) is 90.0 Å². The Kier molecular flexibility index (Phi) is 3.75. The molecule has 2 heterocycles. The number of rotatable bonds is 3. The summed E-state index contributed by atoms with van der Waals surface area (Å²) in [6.45, 7) is 0. The highest BCUT2D eigenvalue weighted by atomic mass is 16.5. The lowest BCUT2D eigenvalue weighted by Gasteiger charge is -2.37. The molecule has 0 radical (unpaired) electrons. The van der Waals surface area contributed by atoms with Gasteiger partial charge in [0.25, 0.3) is 6.23 Å². The van der Waals surface area contributed by atoms with Crippen molar-refractivity contribution < 1.29 is 9.53 Å². The minimum atomic E-state index is -0.756. The molecule has 0 N–H and O–H groups in total. The lowest BCUT2D eigenvalue weighted by molar-refractivity contribution is -0.00455. The van der Waals surface area contributed by atoms with Crippen LogP contribution >= 0.6 is 0 Å². The van der Waals surface area contributed by atoms with Crippen LogP contribution in [0, 0.1) is 0 Å². The highest BCUT2D eigenvalue weighted by Gasteiger charge is 2.43. The van der Waals surface area contributed by atoms with Gasteiger partial charge >= 0.3 is 0 Å². The maximum Gasteiger partial charge on any atom is 0.251 e. The van der Waals surface area contributed by atoms with Crippen molar-refractivity contribution in [2.75, 3.05) is 0 Å². The van der Waals surface area contributed by atoms with Crippen LogP contribution in [0.5, 0.6) is 5.75 Å². The van der Waals surface area contributed by atoms with E-state index in [1.54, 1.807) is 0 Å². The maximum atomic E-state index is 13.2. The number of ketones is 1. The van der Waals surface area contributed by atoms with E-state index in [1.807, 2.05) is 71.7 Å². The summed E-state index contributed by atoms with van der Waals surface area (Å²) in [5, 5.41) is 6.64. The summed E-state index contributed by atoms with van der Waals surface area (Å²) in [6, 6.07) is 27.3. The number of carbonyl (C=O) groups is 1. The Hall–Kier alpha value is -3.40. The molecule has 2 aliphatic rings. The summed E-state index contributed by atoms with van der Waals surface area (Å²) in [5.41, 5.74) is 3.76. The van der Waals surface area contributed by atoms with Gasteiger partial charge in [0.05, 0.1) is 11.8 Å². The number of carbonyl (C=O) groups excluding carboxylic acids is 1. The Bertz CT molecular complexity index is 1010. The molecule has 0 aliphatic carbocycles. The van der Waals surface area contributed by atoms with Crippen molar-refractivity contribution in [3.63, 3.8) is 0 Å². The van der Waals surface area contributed by atoms with E-state index in [0.29, 0.717) is 5.56 Å². The predicted octanol–water partition coefficient (Wildman–Crippen LogP) is 4.44. The molecule has 27 heavy (non-hydrogen) atoms. The van der Waals surface area contributed by atoms with Crippen LogP contribution in [0.4, 0.5) is 0 Å². The van der Waals surface area contributed by atoms with Crippen molar-refractivity contribution in [1.82, 2.24) is 5.01 Å². The second kappa shape index (κ2) is 6.40. The molecule has 0 amide bonds. The molecule has 4 heteroatoms. The van der Waals surface area contributed by atoms with Crippen molar-refractivity contribution >= 4 is 11.5 Å². The van der Waals surface area contributed by atoms with E-state index in [1.165, 1.54) is 0 Å². The molecular weight excluding hydrogens is 336 g/mol. The third-order valence-electron chi connectivity index (χ3n) is 5.09. The molecule has 3 aromatic carbocycles. The maximum absolute atomic E-state index is 13.2. The monoisotopic (exact) mass is 354 g/mol. The van der Waals surface area contributed by atoms with Crippen LogP contribution in [0.3, 0.4) is 0 Å². The van der Waals surface area contributed by atoms with Gasteiger partial charge in [0.2, 0.25) is 5.78 Å². The number of hydrazone groups is 1. The molecule has 3 aromatic rings. The van der Waals surface area contributed by atoms with Crippen LogP contribution in [0.2, 0.25) is 0 Å². The summed E-state index contributed by atoms with van der Waals surface area (Å²) in [7, 11) is 0. The number of fused-ring (bicyclic) bond motifs is 3. The van der Waals surface area contributed by atoms with Gasteiger partial charge in [-0.05, 0) is 11.6 Å². The van der Waals surface area contributed by atoms with Crippen molar-refractivity contribution in [1.29, 1.82) is 0 Å². The zero-order chi connectivity index (χ0) is 18.2. The molecule has 132 valence electrons. The number of Topliss-reactive ketones (excluding diaryl/α,β-unsaturated/α-hetero) is 1. The first-order valence-electron chi connectivity index (χ1n) is 9.07. The van der Waals surface area contributed by atoms with Crippen molar-refractivity contribution in [2.24, 2.45) is 5.10 Å². The number of hydrogen-bond acceptors (Lipinski definition) is 4. The van der Waals surface area contributed by atoms with E-state index in [2.05, 4.69) is 18.2 Å². The van der Waals surface area contributed by atoms with Gasteiger partial charge in [-0.2, -0.15) is 5.10 Å². The zero-order valence-corrected chi connectivity index (χ0v) is 14.7. The molecule has 0 fully saturated rings. The Labute approximate surface area is 157 Å². The van der Waals surface area contributed by atoms with Gasteiger partial charge in [-0.25, -0.2) is 5.01 Å². The second-order valence-corrected chi connectivity index (χ2v) is 6.75. The SMILES string of the molecule is O=C(c1ccccc1)[C@@H]1Oc2ccccc2[C@H]2CC(c3ccccc3)=NN21. The Balaban J connectivity index is 1.57. The lowest BCUT2D eigenvalue weighted by Crippen LogP contribution is -2.45. The summed E-state index contributed by atoms with van der Waals surface area (Å²) >= 11 is 0. The van der Waals surface area contributed by atoms with Gasteiger partial charge < -0.3 is 4.74 Å². The van der Waals surface area contributed by atoms with Crippen LogP contribution in [-0.4, -0.2) is 22.7 Å². The predicted molar refractivity (Wildman–Crippen MR) is 104 cm³/mol. The van der Waals surface area contributed by atoms with Gasteiger partial charge in [-0.3, -0.25) is 4.79 Å². The van der Waals surface area contributed by atoms with Crippen molar-refractivity contribution in [3.8, 4) is 5.75 Å². The Morgan fingerprint density at radius 3 is 2.33 bits per heavy atom. The smallest absolute Gasteiger partial charge is 0.251 e. The number of ether oxygens (including phenoxy) is 1. The first kappa shape index (κ1) is 15.8. The van der Waals surface area contributed by atoms with Crippen LogP contribution in [0.1, 0.15) is 33.9 Å². The van der Waals surface area contributed by atoms with Crippen LogP contribution in [0.25, 0.3) is 0 Å². The van der Waals surface area contributed by atoms with E-state index >= 15 is 0 Å². The number of benzene rings is 3. The molecule has 0 saturated carbocycles. The summed E-state index contributed by atoms with van der Waals surface area (Å²) in [6.07, 6.45) is -0.00307. The van der Waals surface area contributed by atoms with Crippen molar-refractivity contribution in [2.45, 2.75) is 18.7 Å². The van der Waals surface area contributed by atoms with Gasteiger partial charge in [-0.15, -0.1) is 0 Å². The fourth-order valence-corrected chi connectivity index (χ4v) is 3.76. The quantitative estimate of drug-likeness (QED) is 0.653. The fraction of sp³-hybridized carbons (Fsp3) is 0.130. The average Bonchev–Trinajstić information content (AvgIpc) is 3.20. The van der Waals surface area contributed by atoms with Gasteiger partial charge in [-0.1, -0.05) is 78.9 Å². The Morgan fingerprint density at radius 1 is 0.889 bits per heavy atom. The first-order chi connectivity index (χ1) is 13.3. The molecule has 0 bridgehead atoms. The summed E-state index contributed by atoms with van der Waals surface area (Å²) in [4.78, 5) is 13.2. The summed E-state index contributed by atoms with van der Waals surface area (Å²) in [5.74, 6) is 0.686. The molecule has 5 rings (SSSR count). The molecule has 4 nitrogen and oxygen atoms in total. The zero-order valence-electron chi connectivity index (χ0n) is 14.7. The van der Waals surface area contributed by atoms with E-state index in [0.717, 1.165) is 29.0 Å². The topological polar surface area (TPSA) is 41.9 Å². The molecule has 2 atom stereocenters. The molecule has 0 saturated heterocycles. The van der Waals surface area contributed by atoms with Gasteiger partial charge in [0.1, 0.15) is 5.75 Å². The molecule has 0 unspecified atom stereocenters. The largest absolute Gasteiger partial charge is 0.461 e. The van der Waals surface area contributed by atoms with Gasteiger partial charge in [0, 0.05) is 17.5 Å². The molecule has 2 aliphatic heterocycles. The van der Waals surface area contributed by atoms with E-state index in [4.69, 9.17) is 9.84 Å².